The van der Waals surface area contributed by atoms with E-state index in [1.165, 1.54) is 0 Å². The summed E-state index contributed by atoms with van der Waals surface area (Å²) >= 11 is 0. The fourth-order valence-corrected chi connectivity index (χ4v) is 3.28. The highest BCUT2D eigenvalue weighted by Gasteiger charge is 2.36. The van der Waals surface area contributed by atoms with E-state index in [9.17, 15) is 9.59 Å². The van der Waals surface area contributed by atoms with Gasteiger partial charge in [0.25, 0.3) is 0 Å². The second-order valence-electron chi connectivity index (χ2n) is 6.53. The van der Waals surface area contributed by atoms with Crippen molar-refractivity contribution in [1.82, 2.24) is 15.1 Å². The minimum Gasteiger partial charge on any atom is -0.351 e. The van der Waals surface area contributed by atoms with Crippen LogP contribution in [0.5, 0.6) is 0 Å². The van der Waals surface area contributed by atoms with E-state index in [0.29, 0.717) is 13.1 Å². The Kier molecular flexibility index (Phi) is 5.16. The first-order chi connectivity index (χ1) is 12.1. The quantitative estimate of drug-likeness (QED) is 0.875. The Hall–Kier alpha value is -2.63. The van der Waals surface area contributed by atoms with Crippen LogP contribution >= 0.6 is 0 Å². The number of hydrogen-bond acceptors (Lipinski definition) is 3. The molecule has 25 heavy (non-hydrogen) atoms. The lowest BCUT2D eigenvalue weighted by Crippen LogP contribution is -2.40. The Morgan fingerprint density at radius 3 is 2.88 bits per heavy atom. The maximum atomic E-state index is 12.5. The summed E-state index contributed by atoms with van der Waals surface area (Å²) in [5.41, 5.74) is 2.05. The Morgan fingerprint density at radius 2 is 2.16 bits per heavy atom. The van der Waals surface area contributed by atoms with Crippen molar-refractivity contribution >= 4 is 17.5 Å². The molecule has 1 aromatic heterocycles. The molecule has 2 amide bonds. The first kappa shape index (κ1) is 17.2. The van der Waals surface area contributed by atoms with Crippen molar-refractivity contribution in [2.75, 3.05) is 11.4 Å². The number of benzene rings is 1. The summed E-state index contributed by atoms with van der Waals surface area (Å²) in [6.45, 7) is 5.07. The number of carbonyl (C=O) groups excluding carboxylic acids is 2. The van der Waals surface area contributed by atoms with Gasteiger partial charge in [-0.05, 0) is 31.0 Å². The molecule has 2 heterocycles. The highest BCUT2D eigenvalue weighted by molar-refractivity contribution is 6.00. The highest BCUT2D eigenvalue weighted by atomic mass is 16.2. The SMILES string of the molecule is CCc1ccccc1N1CC(C(=O)NC(C)Cn2cccn2)CC1=O. The Morgan fingerprint density at radius 1 is 1.36 bits per heavy atom. The van der Waals surface area contributed by atoms with E-state index < -0.39 is 0 Å². The molecule has 0 saturated carbocycles. The number of carbonyl (C=O) groups is 2. The van der Waals surface area contributed by atoms with Gasteiger partial charge in [-0.3, -0.25) is 14.3 Å². The van der Waals surface area contributed by atoms with Crippen molar-refractivity contribution in [2.45, 2.75) is 39.3 Å². The van der Waals surface area contributed by atoms with Crippen LogP contribution < -0.4 is 10.2 Å². The summed E-state index contributed by atoms with van der Waals surface area (Å²) in [5, 5.41) is 7.15. The number of aromatic nitrogens is 2. The van der Waals surface area contributed by atoms with Crippen LogP contribution in [0.1, 0.15) is 25.8 Å². The van der Waals surface area contributed by atoms with E-state index in [0.717, 1.165) is 17.7 Å². The fourth-order valence-electron chi connectivity index (χ4n) is 3.28. The van der Waals surface area contributed by atoms with Crippen LogP contribution in [0.4, 0.5) is 5.69 Å². The van der Waals surface area contributed by atoms with Gasteiger partial charge in [-0.2, -0.15) is 5.10 Å². The maximum Gasteiger partial charge on any atom is 0.227 e. The standard InChI is InChI=1S/C19H24N4O2/c1-3-15-7-4-5-8-17(15)23-13-16(11-18(23)24)19(25)21-14(2)12-22-10-6-9-20-22/h4-10,14,16H,3,11-13H2,1-2H3,(H,21,25). The molecule has 1 saturated heterocycles. The van der Waals surface area contributed by atoms with E-state index in [-0.39, 0.29) is 30.2 Å². The minimum atomic E-state index is -0.308. The van der Waals surface area contributed by atoms with Crippen molar-refractivity contribution in [3.05, 3.63) is 48.3 Å². The van der Waals surface area contributed by atoms with Crippen LogP contribution in [0.15, 0.2) is 42.7 Å². The Bertz CT molecular complexity index is 742. The third-order valence-corrected chi connectivity index (χ3v) is 4.57. The predicted octanol–water partition coefficient (Wildman–Crippen LogP) is 2.00. The number of amides is 2. The Labute approximate surface area is 147 Å². The molecule has 2 aromatic rings. The van der Waals surface area contributed by atoms with Gasteiger partial charge in [-0.25, -0.2) is 0 Å². The van der Waals surface area contributed by atoms with Crippen LogP contribution in [0.3, 0.4) is 0 Å². The average Bonchev–Trinajstić information content (AvgIpc) is 3.24. The number of nitrogens with one attached hydrogen (secondary N) is 1. The third kappa shape index (κ3) is 3.90. The lowest BCUT2D eigenvalue weighted by Gasteiger charge is -2.20. The van der Waals surface area contributed by atoms with Gasteiger partial charge in [0.1, 0.15) is 0 Å². The van der Waals surface area contributed by atoms with Gasteiger partial charge in [0.2, 0.25) is 11.8 Å². The first-order valence-corrected chi connectivity index (χ1v) is 8.74. The Balaban J connectivity index is 1.62. The molecule has 3 rings (SSSR count). The van der Waals surface area contributed by atoms with E-state index in [1.54, 1.807) is 15.8 Å². The van der Waals surface area contributed by atoms with E-state index in [1.807, 2.05) is 43.5 Å². The van der Waals surface area contributed by atoms with Crippen molar-refractivity contribution in [2.24, 2.45) is 5.92 Å². The second-order valence-corrected chi connectivity index (χ2v) is 6.53. The van der Waals surface area contributed by atoms with Gasteiger partial charge in [-0.1, -0.05) is 25.1 Å². The molecule has 0 radical (unpaired) electrons. The first-order valence-electron chi connectivity index (χ1n) is 8.74. The molecule has 2 atom stereocenters. The molecule has 132 valence electrons. The van der Waals surface area contributed by atoms with Crippen LogP contribution in [0, 0.1) is 5.92 Å². The van der Waals surface area contributed by atoms with Crippen LogP contribution in [0.2, 0.25) is 0 Å². The van der Waals surface area contributed by atoms with Gasteiger partial charge in [0, 0.05) is 37.1 Å². The van der Waals surface area contributed by atoms with E-state index in [4.69, 9.17) is 0 Å². The molecule has 6 nitrogen and oxygen atoms in total. The minimum absolute atomic E-state index is 0.0146. The maximum absolute atomic E-state index is 12.5. The zero-order valence-electron chi connectivity index (χ0n) is 14.7. The molecule has 0 bridgehead atoms. The molecule has 6 heteroatoms. The second kappa shape index (κ2) is 7.51. The van der Waals surface area contributed by atoms with Crippen molar-refractivity contribution in [1.29, 1.82) is 0 Å². The van der Waals surface area contributed by atoms with Gasteiger partial charge in [0.15, 0.2) is 0 Å². The average molecular weight is 340 g/mol. The molecular formula is C19H24N4O2. The monoisotopic (exact) mass is 340 g/mol. The van der Waals surface area contributed by atoms with Crippen molar-refractivity contribution in [3.8, 4) is 0 Å². The molecule has 1 N–H and O–H groups in total. The van der Waals surface area contributed by atoms with Crippen LogP contribution in [-0.2, 0) is 22.6 Å². The molecule has 0 spiro atoms. The molecule has 0 aliphatic carbocycles. The number of hydrogen-bond donors (Lipinski definition) is 1. The lowest BCUT2D eigenvalue weighted by atomic mass is 10.1. The number of aryl methyl sites for hydroxylation is 1. The topological polar surface area (TPSA) is 67.2 Å². The van der Waals surface area contributed by atoms with Gasteiger partial charge >= 0.3 is 0 Å². The van der Waals surface area contributed by atoms with E-state index >= 15 is 0 Å². The molecule has 1 aliphatic heterocycles. The van der Waals surface area contributed by atoms with Crippen LogP contribution in [0.25, 0.3) is 0 Å². The predicted molar refractivity (Wildman–Crippen MR) is 96.1 cm³/mol. The summed E-state index contributed by atoms with van der Waals surface area (Å²) in [4.78, 5) is 26.7. The van der Waals surface area contributed by atoms with E-state index in [2.05, 4.69) is 17.3 Å². The summed E-state index contributed by atoms with van der Waals surface area (Å²) < 4.78 is 1.79. The summed E-state index contributed by atoms with van der Waals surface area (Å²) in [7, 11) is 0. The molecule has 2 unspecified atom stereocenters. The normalized spacial score (nSPS) is 18.4. The van der Waals surface area contributed by atoms with Crippen molar-refractivity contribution < 1.29 is 9.59 Å². The zero-order chi connectivity index (χ0) is 17.8. The summed E-state index contributed by atoms with van der Waals surface area (Å²) in [6.07, 6.45) is 4.70. The summed E-state index contributed by atoms with van der Waals surface area (Å²) in [5.74, 6) is -0.359. The lowest BCUT2D eigenvalue weighted by molar-refractivity contribution is -0.126. The summed E-state index contributed by atoms with van der Waals surface area (Å²) in [6, 6.07) is 9.71. The van der Waals surface area contributed by atoms with Crippen LogP contribution in [-0.4, -0.2) is 34.2 Å². The fraction of sp³-hybridized carbons (Fsp3) is 0.421. The van der Waals surface area contributed by atoms with Gasteiger partial charge in [0.05, 0.1) is 12.5 Å². The molecular weight excluding hydrogens is 316 g/mol. The largest absolute Gasteiger partial charge is 0.351 e. The number of nitrogens with zero attached hydrogens (tertiary/aromatic N) is 3. The number of anilines is 1. The zero-order valence-corrected chi connectivity index (χ0v) is 14.7. The molecule has 1 aromatic carbocycles. The van der Waals surface area contributed by atoms with Crippen molar-refractivity contribution in [3.63, 3.8) is 0 Å². The smallest absolute Gasteiger partial charge is 0.227 e. The number of rotatable bonds is 6. The molecule has 1 aliphatic rings. The third-order valence-electron chi connectivity index (χ3n) is 4.57. The highest BCUT2D eigenvalue weighted by Crippen LogP contribution is 2.28. The van der Waals surface area contributed by atoms with Gasteiger partial charge < -0.3 is 10.2 Å². The number of para-hydroxylation sites is 1. The van der Waals surface area contributed by atoms with Gasteiger partial charge in [-0.15, -0.1) is 0 Å². The molecule has 1 fully saturated rings.